The van der Waals surface area contributed by atoms with Crippen LogP contribution in [0.15, 0.2) is 72.8 Å². The van der Waals surface area contributed by atoms with Gasteiger partial charge in [-0.1, -0.05) is 42.5 Å². The number of nitrogens with zero attached hydrogens (tertiary/aromatic N) is 1. The third kappa shape index (κ3) is 5.14. The highest BCUT2D eigenvalue weighted by Crippen LogP contribution is 2.37. The summed E-state index contributed by atoms with van der Waals surface area (Å²) < 4.78 is 44.7. The van der Waals surface area contributed by atoms with Crippen LogP contribution in [0.4, 0.5) is 18.9 Å². The van der Waals surface area contributed by atoms with E-state index in [1.807, 2.05) is 42.5 Å². The summed E-state index contributed by atoms with van der Waals surface area (Å²) in [5.41, 5.74) is 0.870. The molecule has 3 aromatic carbocycles. The second-order valence-electron chi connectivity index (χ2n) is 6.08. The fourth-order valence-electron chi connectivity index (χ4n) is 2.63. The van der Waals surface area contributed by atoms with Gasteiger partial charge >= 0.3 is 6.18 Å². The second kappa shape index (κ2) is 8.48. The smallest absolute Gasteiger partial charge is 0.416 e. The van der Waals surface area contributed by atoms with Crippen molar-refractivity contribution in [1.29, 1.82) is 5.26 Å². The number of anilines is 1. The van der Waals surface area contributed by atoms with Crippen molar-refractivity contribution in [3.63, 3.8) is 0 Å². The SMILES string of the molecule is N#CCC(=O)Nc1cc(C(F)(F)F)ccc1Oc1ccc(-c2ccccc2)cc1. The van der Waals surface area contributed by atoms with Crippen molar-refractivity contribution < 1.29 is 22.7 Å². The molecule has 0 spiro atoms. The number of rotatable bonds is 5. The van der Waals surface area contributed by atoms with Crippen LogP contribution in [-0.4, -0.2) is 5.91 Å². The van der Waals surface area contributed by atoms with Crippen LogP contribution in [0.2, 0.25) is 0 Å². The Morgan fingerprint density at radius 3 is 2.24 bits per heavy atom. The molecule has 1 N–H and O–H groups in total. The Kier molecular flexibility index (Phi) is 5.84. The molecule has 0 saturated heterocycles. The van der Waals surface area contributed by atoms with Crippen molar-refractivity contribution in [1.82, 2.24) is 0 Å². The molecule has 29 heavy (non-hydrogen) atoms. The number of carbonyl (C=O) groups excluding carboxylic acids is 1. The van der Waals surface area contributed by atoms with Crippen molar-refractivity contribution in [2.45, 2.75) is 12.6 Å². The summed E-state index contributed by atoms with van der Waals surface area (Å²) in [4.78, 5) is 11.7. The second-order valence-corrected chi connectivity index (χ2v) is 6.08. The van der Waals surface area contributed by atoms with Crippen molar-refractivity contribution >= 4 is 11.6 Å². The molecule has 146 valence electrons. The van der Waals surface area contributed by atoms with Crippen LogP contribution in [0.5, 0.6) is 11.5 Å². The number of carbonyl (C=O) groups is 1. The molecule has 0 radical (unpaired) electrons. The van der Waals surface area contributed by atoms with E-state index in [0.717, 1.165) is 29.3 Å². The summed E-state index contributed by atoms with van der Waals surface area (Å²) in [5.74, 6) is -0.298. The fourth-order valence-corrected chi connectivity index (χ4v) is 2.63. The fraction of sp³-hybridized carbons (Fsp3) is 0.0909. The Morgan fingerprint density at radius 2 is 1.62 bits per heavy atom. The van der Waals surface area contributed by atoms with E-state index in [2.05, 4.69) is 5.32 Å². The first kappa shape index (κ1) is 20.0. The third-order valence-electron chi connectivity index (χ3n) is 4.01. The average Bonchev–Trinajstić information content (AvgIpc) is 2.70. The van der Waals surface area contributed by atoms with E-state index in [-0.39, 0.29) is 11.4 Å². The molecule has 0 aromatic heterocycles. The van der Waals surface area contributed by atoms with E-state index in [1.54, 1.807) is 18.2 Å². The minimum absolute atomic E-state index is 0.0387. The summed E-state index contributed by atoms with van der Waals surface area (Å²) in [6.07, 6.45) is -5.06. The summed E-state index contributed by atoms with van der Waals surface area (Å²) in [5, 5.41) is 10.9. The van der Waals surface area contributed by atoms with Gasteiger partial charge in [-0.05, 0) is 41.5 Å². The molecule has 3 rings (SSSR count). The number of nitriles is 1. The number of hydrogen-bond acceptors (Lipinski definition) is 3. The van der Waals surface area contributed by atoms with Gasteiger partial charge in [0.25, 0.3) is 0 Å². The van der Waals surface area contributed by atoms with Crippen LogP contribution in [0.1, 0.15) is 12.0 Å². The molecule has 0 heterocycles. The number of nitrogens with one attached hydrogen (secondary N) is 1. The zero-order valence-electron chi connectivity index (χ0n) is 15.0. The predicted molar refractivity (Wildman–Crippen MR) is 102 cm³/mol. The molecule has 0 aliphatic carbocycles. The molecular weight excluding hydrogens is 381 g/mol. The molecule has 7 heteroatoms. The zero-order chi connectivity index (χ0) is 20.9. The first-order chi connectivity index (χ1) is 13.9. The molecule has 0 unspecified atom stereocenters. The maximum atomic E-state index is 13.0. The zero-order valence-corrected chi connectivity index (χ0v) is 15.0. The quantitative estimate of drug-likeness (QED) is 0.574. The van der Waals surface area contributed by atoms with E-state index in [9.17, 15) is 18.0 Å². The van der Waals surface area contributed by atoms with E-state index in [4.69, 9.17) is 10.00 Å². The standard InChI is InChI=1S/C22H15F3N2O2/c23-22(24,25)17-8-11-20(19(14-17)27-21(28)12-13-26)29-18-9-6-16(7-10-18)15-4-2-1-3-5-15/h1-11,14H,12H2,(H,27,28). The highest BCUT2D eigenvalue weighted by Gasteiger charge is 2.31. The van der Waals surface area contributed by atoms with Crippen molar-refractivity contribution in [2.24, 2.45) is 0 Å². The van der Waals surface area contributed by atoms with E-state index < -0.39 is 24.1 Å². The van der Waals surface area contributed by atoms with Gasteiger partial charge in [-0.15, -0.1) is 0 Å². The number of halogens is 3. The highest BCUT2D eigenvalue weighted by atomic mass is 19.4. The van der Waals surface area contributed by atoms with Crippen molar-refractivity contribution in [3.8, 4) is 28.7 Å². The van der Waals surface area contributed by atoms with Gasteiger partial charge < -0.3 is 10.1 Å². The number of alkyl halides is 3. The van der Waals surface area contributed by atoms with Crippen LogP contribution in [0.25, 0.3) is 11.1 Å². The largest absolute Gasteiger partial charge is 0.455 e. The van der Waals surface area contributed by atoms with Crippen molar-refractivity contribution in [3.05, 3.63) is 78.4 Å². The van der Waals surface area contributed by atoms with Crippen LogP contribution < -0.4 is 10.1 Å². The first-order valence-electron chi connectivity index (χ1n) is 8.58. The van der Waals surface area contributed by atoms with Gasteiger partial charge in [-0.2, -0.15) is 18.4 Å². The predicted octanol–water partition coefficient (Wildman–Crippen LogP) is 6.02. The number of hydrogen-bond donors (Lipinski definition) is 1. The molecule has 0 atom stereocenters. The number of benzene rings is 3. The van der Waals surface area contributed by atoms with Crippen LogP contribution >= 0.6 is 0 Å². The topological polar surface area (TPSA) is 62.1 Å². The Morgan fingerprint density at radius 1 is 0.966 bits per heavy atom. The molecule has 4 nitrogen and oxygen atoms in total. The van der Waals surface area contributed by atoms with Gasteiger partial charge in [0.15, 0.2) is 5.75 Å². The van der Waals surface area contributed by atoms with Gasteiger partial charge in [0.1, 0.15) is 12.2 Å². The molecule has 1 amide bonds. The molecule has 0 bridgehead atoms. The van der Waals surface area contributed by atoms with Crippen LogP contribution in [0.3, 0.4) is 0 Å². The first-order valence-corrected chi connectivity index (χ1v) is 8.58. The summed E-state index contributed by atoms with van der Waals surface area (Å²) in [6, 6.07) is 21.1. The van der Waals surface area contributed by atoms with Gasteiger partial charge in [0.05, 0.1) is 17.3 Å². The van der Waals surface area contributed by atoms with Crippen LogP contribution in [-0.2, 0) is 11.0 Å². The average molecular weight is 396 g/mol. The third-order valence-corrected chi connectivity index (χ3v) is 4.01. The van der Waals surface area contributed by atoms with E-state index in [1.165, 1.54) is 0 Å². The summed E-state index contributed by atoms with van der Waals surface area (Å²) in [7, 11) is 0. The normalized spacial score (nSPS) is 10.8. The molecule has 0 aliphatic heterocycles. The van der Waals surface area contributed by atoms with Crippen molar-refractivity contribution in [2.75, 3.05) is 5.32 Å². The summed E-state index contributed by atoms with van der Waals surface area (Å²) >= 11 is 0. The highest BCUT2D eigenvalue weighted by molar-refractivity contribution is 5.93. The molecule has 0 aliphatic rings. The van der Waals surface area contributed by atoms with E-state index >= 15 is 0 Å². The van der Waals surface area contributed by atoms with E-state index in [0.29, 0.717) is 5.75 Å². The Bertz CT molecular complexity index is 1040. The lowest BCUT2D eigenvalue weighted by Crippen LogP contribution is -2.13. The van der Waals surface area contributed by atoms with Gasteiger partial charge in [-0.3, -0.25) is 4.79 Å². The Hall–Kier alpha value is -3.79. The number of ether oxygens (including phenoxy) is 1. The van der Waals surface area contributed by atoms with Gasteiger partial charge in [0.2, 0.25) is 5.91 Å². The van der Waals surface area contributed by atoms with Gasteiger partial charge in [-0.25, -0.2) is 0 Å². The minimum atomic E-state index is -4.58. The maximum Gasteiger partial charge on any atom is 0.416 e. The maximum absolute atomic E-state index is 13.0. The minimum Gasteiger partial charge on any atom is -0.455 e. The van der Waals surface area contributed by atoms with Gasteiger partial charge in [0, 0.05) is 0 Å². The molecule has 3 aromatic rings. The lowest BCUT2D eigenvalue weighted by Gasteiger charge is -2.15. The summed E-state index contributed by atoms with van der Waals surface area (Å²) in [6.45, 7) is 0. The van der Waals surface area contributed by atoms with Crippen LogP contribution in [0, 0.1) is 11.3 Å². The lowest BCUT2D eigenvalue weighted by atomic mass is 10.1. The lowest BCUT2D eigenvalue weighted by molar-refractivity contribution is -0.137. The molecule has 0 fully saturated rings. The monoisotopic (exact) mass is 396 g/mol. The Balaban J connectivity index is 1.87. The Labute approximate surface area is 165 Å². The molecular formula is C22H15F3N2O2. The number of amides is 1. The molecule has 0 saturated carbocycles.